The molecule has 0 saturated carbocycles. The van der Waals surface area contributed by atoms with Gasteiger partial charge < -0.3 is 11.0 Å². The standard InChI is InChI=1S/C4H4N2.2H2O/c1-2-6-4-3-5-1;;/h1-4H;2*1H2. The van der Waals surface area contributed by atoms with Crippen molar-refractivity contribution >= 4 is 0 Å². The first kappa shape index (κ1) is 10.1. The van der Waals surface area contributed by atoms with E-state index in [1.807, 2.05) is 0 Å². The molecule has 4 heteroatoms. The van der Waals surface area contributed by atoms with Gasteiger partial charge in [0.05, 0.1) is 0 Å². The van der Waals surface area contributed by atoms with Crippen LogP contribution in [-0.2, 0) is 0 Å². The van der Waals surface area contributed by atoms with E-state index in [1.54, 1.807) is 24.8 Å². The lowest BCUT2D eigenvalue weighted by Crippen LogP contribution is -1.66. The lowest BCUT2D eigenvalue weighted by Gasteiger charge is -1.70. The van der Waals surface area contributed by atoms with Crippen LogP contribution >= 0.6 is 0 Å². The summed E-state index contributed by atoms with van der Waals surface area (Å²) < 4.78 is 0. The van der Waals surface area contributed by atoms with Gasteiger partial charge in [-0.2, -0.15) is 0 Å². The number of aromatic nitrogens is 2. The van der Waals surface area contributed by atoms with Crippen molar-refractivity contribution in [2.45, 2.75) is 0 Å². The van der Waals surface area contributed by atoms with Crippen molar-refractivity contribution in [3.8, 4) is 0 Å². The Labute approximate surface area is 46.8 Å². The smallest absolute Gasteiger partial charge is 0.0451 e. The predicted octanol–water partition coefficient (Wildman–Crippen LogP) is -1.17. The maximum Gasteiger partial charge on any atom is 0.0451 e. The lowest BCUT2D eigenvalue weighted by molar-refractivity contribution is 0.823. The van der Waals surface area contributed by atoms with E-state index in [-0.39, 0.29) is 11.0 Å². The molecule has 46 valence electrons. The van der Waals surface area contributed by atoms with E-state index in [4.69, 9.17) is 0 Å². The Kier molecular flexibility index (Phi) is 7.56. The Morgan fingerprint density at radius 3 is 1.00 bits per heavy atom. The highest BCUT2D eigenvalue weighted by molar-refractivity contribution is 4.70. The van der Waals surface area contributed by atoms with Crippen LogP contribution in [0.25, 0.3) is 0 Å². The van der Waals surface area contributed by atoms with Crippen molar-refractivity contribution in [1.82, 2.24) is 9.97 Å². The Bertz CT molecular complexity index is 84.0. The predicted molar refractivity (Wildman–Crippen MR) is 29.3 cm³/mol. The van der Waals surface area contributed by atoms with E-state index in [0.717, 1.165) is 0 Å². The summed E-state index contributed by atoms with van der Waals surface area (Å²) in [5.74, 6) is 0. The lowest BCUT2D eigenvalue weighted by atomic mass is 10.8. The minimum absolute atomic E-state index is 0. The van der Waals surface area contributed by atoms with Crippen molar-refractivity contribution in [1.29, 1.82) is 0 Å². The van der Waals surface area contributed by atoms with Crippen molar-refractivity contribution in [2.75, 3.05) is 0 Å². The molecule has 8 heavy (non-hydrogen) atoms. The average molecular weight is 116 g/mol. The van der Waals surface area contributed by atoms with Gasteiger partial charge in [0.25, 0.3) is 0 Å². The van der Waals surface area contributed by atoms with Crippen LogP contribution in [0.1, 0.15) is 0 Å². The molecule has 0 saturated heterocycles. The summed E-state index contributed by atoms with van der Waals surface area (Å²) in [6.45, 7) is 0. The SMILES string of the molecule is O.O.c1cnccn1. The van der Waals surface area contributed by atoms with Gasteiger partial charge >= 0.3 is 0 Å². The maximum absolute atomic E-state index is 3.72. The molecule has 0 aromatic carbocycles. The highest BCUT2D eigenvalue weighted by Gasteiger charge is 1.59. The Hall–Kier alpha value is -1.00. The molecule has 4 nitrogen and oxygen atoms in total. The maximum atomic E-state index is 3.72. The van der Waals surface area contributed by atoms with E-state index in [1.165, 1.54) is 0 Å². The molecule has 1 rings (SSSR count). The van der Waals surface area contributed by atoms with Crippen LogP contribution in [0.4, 0.5) is 0 Å². The molecule has 1 heterocycles. The van der Waals surface area contributed by atoms with Crippen molar-refractivity contribution in [2.24, 2.45) is 0 Å². The summed E-state index contributed by atoms with van der Waals surface area (Å²) in [5, 5.41) is 0. The summed E-state index contributed by atoms with van der Waals surface area (Å²) >= 11 is 0. The molecule has 0 radical (unpaired) electrons. The van der Waals surface area contributed by atoms with Crippen LogP contribution in [0.15, 0.2) is 24.8 Å². The molecule has 4 N–H and O–H groups in total. The van der Waals surface area contributed by atoms with Gasteiger partial charge in [0.2, 0.25) is 0 Å². The van der Waals surface area contributed by atoms with Gasteiger partial charge in [-0.15, -0.1) is 0 Å². The van der Waals surface area contributed by atoms with Crippen molar-refractivity contribution in [3.63, 3.8) is 0 Å². The molecule has 0 aliphatic heterocycles. The molecule has 0 atom stereocenters. The largest absolute Gasteiger partial charge is 0.412 e. The summed E-state index contributed by atoms with van der Waals surface area (Å²) in [5.41, 5.74) is 0. The van der Waals surface area contributed by atoms with Gasteiger partial charge in [0.1, 0.15) is 0 Å². The van der Waals surface area contributed by atoms with E-state index in [2.05, 4.69) is 9.97 Å². The fourth-order valence-electron chi connectivity index (χ4n) is 0.253. The van der Waals surface area contributed by atoms with Crippen LogP contribution in [0.5, 0.6) is 0 Å². The van der Waals surface area contributed by atoms with Crippen LogP contribution in [0.3, 0.4) is 0 Å². The zero-order chi connectivity index (χ0) is 4.24. The first-order valence-electron chi connectivity index (χ1n) is 1.70. The second-order valence-corrected chi connectivity index (χ2v) is 0.894. The number of hydrogen-bond donors (Lipinski definition) is 0. The van der Waals surface area contributed by atoms with Crippen molar-refractivity contribution < 1.29 is 11.0 Å². The van der Waals surface area contributed by atoms with Crippen LogP contribution in [0, 0.1) is 0 Å². The molecule has 0 aliphatic carbocycles. The second kappa shape index (κ2) is 6.00. The molecule has 0 amide bonds. The molecule has 1 aromatic heterocycles. The summed E-state index contributed by atoms with van der Waals surface area (Å²) in [4.78, 5) is 7.44. The second-order valence-electron chi connectivity index (χ2n) is 0.894. The molecule has 0 spiro atoms. The molecule has 0 aliphatic rings. The topological polar surface area (TPSA) is 88.8 Å². The third kappa shape index (κ3) is 3.20. The number of nitrogens with zero attached hydrogens (tertiary/aromatic N) is 2. The van der Waals surface area contributed by atoms with Gasteiger partial charge in [0.15, 0.2) is 0 Å². The Balaban J connectivity index is 0. The fourth-order valence-corrected chi connectivity index (χ4v) is 0.253. The van der Waals surface area contributed by atoms with E-state index >= 15 is 0 Å². The van der Waals surface area contributed by atoms with Crippen LogP contribution in [0.2, 0.25) is 0 Å². The Morgan fingerprint density at radius 2 is 0.875 bits per heavy atom. The third-order valence-electron chi connectivity index (χ3n) is 0.478. The first-order valence-corrected chi connectivity index (χ1v) is 1.70. The van der Waals surface area contributed by atoms with Gasteiger partial charge in [-0.05, 0) is 0 Å². The summed E-state index contributed by atoms with van der Waals surface area (Å²) in [6, 6.07) is 0. The fraction of sp³-hybridized carbons (Fsp3) is 0. The van der Waals surface area contributed by atoms with Crippen LogP contribution < -0.4 is 0 Å². The monoisotopic (exact) mass is 116 g/mol. The molecular weight excluding hydrogens is 108 g/mol. The highest BCUT2D eigenvalue weighted by Crippen LogP contribution is 1.65. The van der Waals surface area contributed by atoms with Gasteiger partial charge in [-0.25, -0.2) is 0 Å². The van der Waals surface area contributed by atoms with E-state index < -0.39 is 0 Å². The van der Waals surface area contributed by atoms with Gasteiger partial charge in [0, 0.05) is 24.8 Å². The zero-order valence-corrected chi connectivity index (χ0v) is 4.20. The molecular formula is C4H8N2O2. The van der Waals surface area contributed by atoms with E-state index in [0.29, 0.717) is 0 Å². The molecule has 0 unspecified atom stereocenters. The Morgan fingerprint density at radius 1 is 0.625 bits per heavy atom. The zero-order valence-electron chi connectivity index (χ0n) is 4.20. The minimum Gasteiger partial charge on any atom is -0.412 e. The number of hydrogen-bond acceptors (Lipinski definition) is 2. The van der Waals surface area contributed by atoms with Gasteiger partial charge in [-0.3, -0.25) is 9.97 Å². The summed E-state index contributed by atoms with van der Waals surface area (Å²) in [7, 11) is 0. The first-order chi connectivity index (χ1) is 3.00. The normalized spacial score (nSPS) is 6.00. The third-order valence-corrected chi connectivity index (χ3v) is 0.478. The van der Waals surface area contributed by atoms with E-state index in [9.17, 15) is 0 Å². The molecule has 1 aromatic rings. The van der Waals surface area contributed by atoms with Crippen molar-refractivity contribution in [3.05, 3.63) is 24.8 Å². The highest BCUT2D eigenvalue weighted by atomic mass is 16.0. The quantitative estimate of drug-likeness (QED) is 0.427. The van der Waals surface area contributed by atoms with Gasteiger partial charge in [-0.1, -0.05) is 0 Å². The van der Waals surface area contributed by atoms with Crippen LogP contribution in [-0.4, -0.2) is 20.9 Å². The average Bonchev–Trinajstić information content (AvgIpc) is 1.72. The minimum atomic E-state index is 0. The summed E-state index contributed by atoms with van der Waals surface area (Å²) in [6.07, 6.45) is 6.56. The molecule has 0 bridgehead atoms. The molecule has 0 fully saturated rings. The number of rotatable bonds is 0.